The Kier molecular flexibility index (Phi) is 6.75. The molecule has 3 amide bonds. The van der Waals surface area contributed by atoms with Crippen LogP contribution in [0.4, 0.5) is 17.1 Å². The Morgan fingerprint density at radius 2 is 1.65 bits per heavy atom. The van der Waals surface area contributed by atoms with E-state index in [-0.39, 0.29) is 42.0 Å². The average Bonchev–Trinajstić information content (AvgIpc) is 3.22. The largest absolute Gasteiger partial charge is 0.326 e. The number of carbonyl (C=O) groups excluding carboxylic acids is 4. The molecule has 1 heterocycles. The lowest BCUT2D eigenvalue weighted by atomic mass is 10.0. The number of nitrogens with zero attached hydrogens (tertiary/aromatic N) is 1. The molecule has 1 aliphatic rings. The van der Waals surface area contributed by atoms with Crippen LogP contribution in [0, 0.1) is 5.92 Å². The SMILES string of the molecule is CC(=O)Nc1ccc(N2CC(C(=O)Nc3ccc(Cl)cc3C(=O)c3ccccc3)CC2=O)cc1. The first kappa shape index (κ1) is 23.2. The van der Waals surface area contributed by atoms with Crippen LogP contribution in [0.1, 0.15) is 29.3 Å². The van der Waals surface area contributed by atoms with Gasteiger partial charge in [-0.1, -0.05) is 41.9 Å². The summed E-state index contributed by atoms with van der Waals surface area (Å²) in [5.74, 6) is -1.56. The van der Waals surface area contributed by atoms with E-state index in [4.69, 9.17) is 11.6 Å². The van der Waals surface area contributed by atoms with Crippen LogP contribution in [-0.4, -0.2) is 30.0 Å². The van der Waals surface area contributed by atoms with Gasteiger partial charge in [0.1, 0.15) is 0 Å². The van der Waals surface area contributed by atoms with Gasteiger partial charge in [-0.2, -0.15) is 0 Å². The molecule has 1 saturated heterocycles. The van der Waals surface area contributed by atoms with Crippen LogP contribution in [0.3, 0.4) is 0 Å². The molecule has 1 unspecified atom stereocenters. The van der Waals surface area contributed by atoms with Gasteiger partial charge in [0.05, 0.1) is 11.6 Å². The van der Waals surface area contributed by atoms with Crippen molar-refractivity contribution in [2.24, 2.45) is 5.92 Å². The second kappa shape index (κ2) is 9.89. The quantitative estimate of drug-likeness (QED) is 0.512. The van der Waals surface area contributed by atoms with E-state index < -0.39 is 5.92 Å². The number of hydrogen-bond acceptors (Lipinski definition) is 4. The Hall–Kier alpha value is -3.97. The fourth-order valence-corrected chi connectivity index (χ4v) is 4.03. The topological polar surface area (TPSA) is 95.6 Å². The monoisotopic (exact) mass is 475 g/mol. The Bertz CT molecular complexity index is 1260. The summed E-state index contributed by atoms with van der Waals surface area (Å²) in [6, 6.07) is 20.3. The Morgan fingerprint density at radius 3 is 2.32 bits per heavy atom. The van der Waals surface area contributed by atoms with E-state index in [1.165, 1.54) is 13.0 Å². The molecule has 172 valence electrons. The normalized spacial score (nSPS) is 15.2. The number of halogens is 1. The minimum Gasteiger partial charge on any atom is -0.326 e. The van der Waals surface area contributed by atoms with Crippen molar-refractivity contribution in [3.05, 3.63) is 88.9 Å². The second-order valence-corrected chi connectivity index (χ2v) is 8.44. The summed E-state index contributed by atoms with van der Waals surface area (Å²) in [7, 11) is 0. The molecule has 0 bridgehead atoms. The third-order valence-electron chi connectivity index (χ3n) is 5.52. The highest BCUT2D eigenvalue weighted by Crippen LogP contribution is 2.29. The molecular weight excluding hydrogens is 454 g/mol. The van der Waals surface area contributed by atoms with E-state index in [0.717, 1.165) is 0 Å². The predicted octanol–water partition coefficient (Wildman–Crippen LogP) is 4.52. The fraction of sp³-hybridized carbons (Fsp3) is 0.154. The summed E-state index contributed by atoms with van der Waals surface area (Å²) in [5, 5.41) is 5.86. The van der Waals surface area contributed by atoms with E-state index >= 15 is 0 Å². The minimum atomic E-state index is -0.585. The molecule has 7 nitrogen and oxygen atoms in total. The fourth-order valence-electron chi connectivity index (χ4n) is 3.85. The average molecular weight is 476 g/mol. The van der Waals surface area contributed by atoms with Crippen molar-refractivity contribution >= 4 is 52.2 Å². The van der Waals surface area contributed by atoms with E-state index in [1.807, 2.05) is 6.07 Å². The molecular formula is C26H22ClN3O4. The molecule has 3 aromatic rings. The maximum Gasteiger partial charge on any atom is 0.229 e. The third kappa shape index (κ3) is 5.15. The zero-order valence-corrected chi connectivity index (χ0v) is 19.1. The molecule has 0 saturated carbocycles. The van der Waals surface area contributed by atoms with Gasteiger partial charge in [0.25, 0.3) is 0 Å². The molecule has 1 fully saturated rings. The van der Waals surface area contributed by atoms with E-state index in [1.54, 1.807) is 65.6 Å². The van der Waals surface area contributed by atoms with Gasteiger partial charge >= 0.3 is 0 Å². The Balaban J connectivity index is 1.49. The molecule has 0 aliphatic carbocycles. The summed E-state index contributed by atoms with van der Waals surface area (Å²) in [6.07, 6.45) is 0.0504. The van der Waals surface area contributed by atoms with Crippen molar-refractivity contribution in [1.82, 2.24) is 0 Å². The van der Waals surface area contributed by atoms with Crippen molar-refractivity contribution in [2.75, 3.05) is 22.1 Å². The van der Waals surface area contributed by atoms with Crippen LogP contribution < -0.4 is 15.5 Å². The van der Waals surface area contributed by atoms with Crippen molar-refractivity contribution in [3.63, 3.8) is 0 Å². The zero-order valence-electron chi connectivity index (χ0n) is 18.4. The number of ketones is 1. The molecule has 3 aromatic carbocycles. The number of carbonyl (C=O) groups is 4. The van der Waals surface area contributed by atoms with Gasteiger partial charge in [0.2, 0.25) is 17.7 Å². The highest BCUT2D eigenvalue weighted by atomic mass is 35.5. The van der Waals surface area contributed by atoms with Crippen LogP contribution in [-0.2, 0) is 14.4 Å². The number of rotatable bonds is 6. The molecule has 0 radical (unpaired) electrons. The van der Waals surface area contributed by atoms with Gasteiger partial charge in [-0.15, -0.1) is 0 Å². The molecule has 34 heavy (non-hydrogen) atoms. The lowest BCUT2D eigenvalue weighted by molar-refractivity contribution is -0.122. The predicted molar refractivity (Wildman–Crippen MR) is 131 cm³/mol. The number of anilines is 3. The van der Waals surface area contributed by atoms with E-state index in [0.29, 0.717) is 27.6 Å². The Labute approximate surface area is 201 Å². The van der Waals surface area contributed by atoms with Crippen LogP contribution in [0.5, 0.6) is 0 Å². The molecule has 2 N–H and O–H groups in total. The highest BCUT2D eigenvalue weighted by Gasteiger charge is 2.35. The summed E-state index contributed by atoms with van der Waals surface area (Å²) in [5.41, 5.74) is 2.36. The van der Waals surface area contributed by atoms with Crippen LogP contribution >= 0.6 is 11.6 Å². The highest BCUT2D eigenvalue weighted by molar-refractivity contribution is 6.31. The first-order valence-corrected chi connectivity index (χ1v) is 11.1. The maximum atomic E-state index is 13.0. The molecule has 4 rings (SSSR count). The lowest BCUT2D eigenvalue weighted by Gasteiger charge is -2.18. The van der Waals surface area contributed by atoms with Crippen molar-refractivity contribution in [2.45, 2.75) is 13.3 Å². The third-order valence-corrected chi connectivity index (χ3v) is 5.75. The van der Waals surface area contributed by atoms with Gasteiger partial charge in [-0.25, -0.2) is 0 Å². The van der Waals surface area contributed by atoms with Crippen LogP contribution in [0.2, 0.25) is 5.02 Å². The summed E-state index contributed by atoms with van der Waals surface area (Å²) in [6.45, 7) is 1.63. The summed E-state index contributed by atoms with van der Waals surface area (Å²) >= 11 is 6.12. The molecule has 8 heteroatoms. The van der Waals surface area contributed by atoms with Gasteiger partial charge in [-0.05, 0) is 42.5 Å². The smallest absolute Gasteiger partial charge is 0.229 e. The maximum absolute atomic E-state index is 13.0. The van der Waals surface area contributed by atoms with E-state index in [2.05, 4.69) is 10.6 Å². The van der Waals surface area contributed by atoms with E-state index in [9.17, 15) is 19.2 Å². The van der Waals surface area contributed by atoms with Gasteiger partial charge < -0.3 is 15.5 Å². The first-order valence-electron chi connectivity index (χ1n) is 10.7. The van der Waals surface area contributed by atoms with Crippen LogP contribution in [0.15, 0.2) is 72.8 Å². The van der Waals surface area contributed by atoms with Gasteiger partial charge in [0, 0.05) is 47.4 Å². The van der Waals surface area contributed by atoms with Crippen LogP contribution in [0.25, 0.3) is 0 Å². The van der Waals surface area contributed by atoms with Crippen molar-refractivity contribution in [1.29, 1.82) is 0 Å². The van der Waals surface area contributed by atoms with Gasteiger partial charge in [0.15, 0.2) is 5.78 Å². The standard InChI is InChI=1S/C26H22ClN3O4/c1-16(31)28-20-8-10-21(11-9-20)30-15-18(13-24(30)32)26(34)29-23-12-7-19(27)14-22(23)25(33)17-5-3-2-4-6-17/h2-12,14,18H,13,15H2,1H3,(H,28,31)(H,29,34). The first-order chi connectivity index (χ1) is 16.3. The molecule has 0 spiro atoms. The molecule has 1 atom stereocenters. The number of nitrogens with one attached hydrogen (secondary N) is 2. The number of hydrogen-bond donors (Lipinski definition) is 2. The van der Waals surface area contributed by atoms with Crippen molar-refractivity contribution in [3.8, 4) is 0 Å². The number of benzene rings is 3. The lowest BCUT2D eigenvalue weighted by Crippen LogP contribution is -2.28. The minimum absolute atomic E-state index is 0.0504. The zero-order chi connectivity index (χ0) is 24.2. The summed E-state index contributed by atoms with van der Waals surface area (Å²) < 4.78 is 0. The van der Waals surface area contributed by atoms with Gasteiger partial charge in [-0.3, -0.25) is 19.2 Å². The summed E-state index contributed by atoms with van der Waals surface area (Å²) in [4.78, 5) is 51.4. The molecule has 0 aromatic heterocycles. The van der Waals surface area contributed by atoms with Crippen molar-refractivity contribution < 1.29 is 19.2 Å². The number of amides is 3. The molecule has 1 aliphatic heterocycles. The second-order valence-electron chi connectivity index (χ2n) is 8.01. The Morgan fingerprint density at radius 1 is 0.941 bits per heavy atom.